The maximum atomic E-state index is 6.12. The molecule has 0 nitrogen and oxygen atoms in total. The van der Waals surface area contributed by atoms with Crippen molar-refractivity contribution in [1.29, 1.82) is 0 Å². The summed E-state index contributed by atoms with van der Waals surface area (Å²) >= 11 is 6.12. The van der Waals surface area contributed by atoms with Crippen molar-refractivity contribution < 1.29 is 0 Å². The first kappa shape index (κ1) is 8.60. The number of hydrogen-bond donors (Lipinski definition) is 0. The van der Waals surface area contributed by atoms with Crippen molar-refractivity contribution in [1.82, 2.24) is 0 Å². The van der Waals surface area contributed by atoms with Crippen molar-refractivity contribution in [2.24, 2.45) is 5.92 Å². The van der Waals surface area contributed by atoms with Crippen LogP contribution in [0.25, 0.3) is 0 Å². The summed E-state index contributed by atoms with van der Waals surface area (Å²) in [5, 5.41) is 0. The molecule has 0 unspecified atom stereocenters. The predicted molar refractivity (Wildman–Crippen MR) is 50.2 cm³/mol. The van der Waals surface area contributed by atoms with E-state index in [2.05, 4.69) is 6.92 Å². The van der Waals surface area contributed by atoms with Gasteiger partial charge in [-0.1, -0.05) is 32.6 Å². The largest absolute Gasteiger partial charge is 0.172 e. The summed E-state index contributed by atoms with van der Waals surface area (Å²) in [5.41, 5.74) is 0. The second-order valence-electron chi connectivity index (χ2n) is 3.41. The SMILES string of the molecule is CCCC1CC[SiH](Cl)CC1. The summed E-state index contributed by atoms with van der Waals surface area (Å²) in [5.74, 6) is 1.03. The quantitative estimate of drug-likeness (QED) is 0.448. The van der Waals surface area contributed by atoms with Crippen LogP contribution in [0.4, 0.5) is 0 Å². The average molecular weight is 177 g/mol. The monoisotopic (exact) mass is 176 g/mol. The Hall–Kier alpha value is 0.507. The molecule has 1 rings (SSSR count). The second-order valence-corrected chi connectivity index (χ2v) is 7.61. The summed E-state index contributed by atoms with van der Waals surface area (Å²) in [4.78, 5) is 0. The molecule has 2 heteroatoms. The summed E-state index contributed by atoms with van der Waals surface area (Å²) in [6, 6.07) is 2.79. The van der Waals surface area contributed by atoms with Crippen LogP contribution in [0.3, 0.4) is 0 Å². The van der Waals surface area contributed by atoms with Gasteiger partial charge in [0.1, 0.15) is 8.11 Å². The Bertz CT molecular complexity index is 87.3. The molecule has 0 atom stereocenters. The molecule has 10 heavy (non-hydrogen) atoms. The standard InChI is InChI=1S/C8H17ClSi/c1-2-3-8-4-6-10(9)7-5-8/h8,10H,2-7H2,1H3. The van der Waals surface area contributed by atoms with E-state index >= 15 is 0 Å². The fraction of sp³-hybridized carbons (Fsp3) is 1.00. The third-order valence-electron chi connectivity index (χ3n) is 2.47. The molecule has 1 aliphatic rings. The van der Waals surface area contributed by atoms with Crippen LogP contribution < -0.4 is 0 Å². The Labute approximate surface area is 70.3 Å². The highest BCUT2D eigenvalue weighted by Crippen LogP contribution is 2.29. The van der Waals surface area contributed by atoms with Gasteiger partial charge in [-0.25, -0.2) is 0 Å². The van der Waals surface area contributed by atoms with Crippen LogP contribution in [-0.4, -0.2) is 8.11 Å². The van der Waals surface area contributed by atoms with Gasteiger partial charge in [0.2, 0.25) is 0 Å². The Morgan fingerprint density at radius 3 is 2.50 bits per heavy atom. The van der Waals surface area contributed by atoms with E-state index in [1.807, 2.05) is 0 Å². The van der Waals surface area contributed by atoms with Crippen molar-refractivity contribution in [3.05, 3.63) is 0 Å². The van der Waals surface area contributed by atoms with Gasteiger partial charge in [0.15, 0.2) is 0 Å². The van der Waals surface area contributed by atoms with E-state index in [0.29, 0.717) is 0 Å². The van der Waals surface area contributed by atoms with E-state index in [-0.39, 0.29) is 0 Å². The molecule has 60 valence electrons. The Kier molecular flexibility index (Phi) is 3.78. The van der Waals surface area contributed by atoms with E-state index in [4.69, 9.17) is 11.1 Å². The zero-order valence-electron chi connectivity index (χ0n) is 6.78. The summed E-state index contributed by atoms with van der Waals surface area (Å²) in [6.07, 6.45) is 5.68. The van der Waals surface area contributed by atoms with Crippen molar-refractivity contribution in [3.63, 3.8) is 0 Å². The van der Waals surface area contributed by atoms with Gasteiger partial charge in [-0.05, 0) is 18.0 Å². The fourth-order valence-electron chi connectivity index (χ4n) is 1.82. The van der Waals surface area contributed by atoms with Crippen LogP contribution in [0.1, 0.15) is 32.6 Å². The lowest BCUT2D eigenvalue weighted by Crippen LogP contribution is -2.15. The van der Waals surface area contributed by atoms with Gasteiger partial charge in [0, 0.05) is 0 Å². The van der Waals surface area contributed by atoms with Crippen molar-refractivity contribution in [2.75, 3.05) is 0 Å². The van der Waals surface area contributed by atoms with Crippen molar-refractivity contribution >= 4 is 19.2 Å². The molecule has 1 saturated heterocycles. The van der Waals surface area contributed by atoms with E-state index in [0.717, 1.165) is 5.92 Å². The minimum absolute atomic E-state index is 0.686. The molecule has 0 saturated carbocycles. The fourth-order valence-corrected chi connectivity index (χ4v) is 4.53. The minimum Gasteiger partial charge on any atom is -0.172 e. The van der Waals surface area contributed by atoms with Crippen LogP contribution in [0.15, 0.2) is 0 Å². The topological polar surface area (TPSA) is 0 Å². The number of rotatable bonds is 2. The maximum Gasteiger partial charge on any atom is 0.141 e. The maximum absolute atomic E-state index is 6.12. The minimum atomic E-state index is -0.686. The third-order valence-corrected chi connectivity index (χ3v) is 5.70. The van der Waals surface area contributed by atoms with Gasteiger partial charge >= 0.3 is 0 Å². The molecule has 1 fully saturated rings. The van der Waals surface area contributed by atoms with E-state index in [9.17, 15) is 0 Å². The second kappa shape index (κ2) is 4.40. The normalized spacial score (nSPS) is 34.2. The lowest BCUT2D eigenvalue weighted by atomic mass is 9.98. The molecule has 0 aromatic rings. The molecule has 0 bridgehead atoms. The molecule has 0 radical (unpaired) electrons. The molecule has 0 N–H and O–H groups in total. The van der Waals surface area contributed by atoms with Gasteiger partial charge in [-0.3, -0.25) is 0 Å². The van der Waals surface area contributed by atoms with Gasteiger partial charge in [0.05, 0.1) is 0 Å². The van der Waals surface area contributed by atoms with Crippen LogP contribution in [-0.2, 0) is 0 Å². The van der Waals surface area contributed by atoms with Gasteiger partial charge in [0.25, 0.3) is 0 Å². The molecule has 0 aliphatic carbocycles. The average Bonchev–Trinajstić information content (AvgIpc) is 1.95. The first-order chi connectivity index (χ1) is 4.83. The summed E-state index contributed by atoms with van der Waals surface area (Å²) < 4.78 is 0. The first-order valence-electron chi connectivity index (χ1n) is 4.47. The molecule has 1 heterocycles. The van der Waals surface area contributed by atoms with Crippen molar-refractivity contribution in [3.8, 4) is 0 Å². The number of hydrogen-bond acceptors (Lipinski definition) is 0. The molecule has 0 amide bonds. The lowest BCUT2D eigenvalue weighted by Gasteiger charge is -2.23. The zero-order chi connectivity index (χ0) is 7.40. The Morgan fingerprint density at radius 2 is 2.00 bits per heavy atom. The van der Waals surface area contributed by atoms with Crippen molar-refractivity contribution in [2.45, 2.75) is 44.7 Å². The third kappa shape index (κ3) is 2.63. The van der Waals surface area contributed by atoms with Gasteiger partial charge in [-0.2, -0.15) is 11.1 Å². The highest BCUT2D eigenvalue weighted by atomic mass is 35.6. The van der Waals surface area contributed by atoms with E-state index in [1.54, 1.807) is 0 Å². The van der Waals surface area contributed by atoms with E-state index in [1.165, 1.54) is 37.8 Å². The Balaban J connectivity index is 2.13. The van der Waals surface area contributed by atoms with E-state index < -0.39 is 8.11 Å². The lowest BCUT2D eigenvalue weighted by molar-refractivity contribution is 0.435. The Morgan fingerprint density at radius 1 is 1.40 bits per heavy atom. The molecule has 0 aromatic carbocycles. The molecular weight excluding hydrogens is 160 g/mol. The summed E-state index contributed by atoms with van der Waals surface area (Å²) in [6.45, 7) is 2.28. The van der Waals surface area contributed by atoms with Crippen LogP contribution in [0.2, 0.25) is 12.1 Å². The highest BCUT2D eigenvalue weighted by Gasteiger charge is 2.19. The zero-order valence-corrected chi connectivity index (χ0v) is 8.69. The van der Waals surface area contributed by atoms with Gasteiger partial charge < -0.3 is 0 Å². The van der Waals surface area contributed by atoms with Crippen LogP contribution in [0.5, 0.6) is 0 Å². The molecule has 1 aliphatic heterocycles. The predicted octanol–water partition coefficient (Wildman–Crippen LogP) is 3.16. The van der Waals surface area contributed by atoms with Crippen LogP contribution in [0, 0.1) is 5.92 Å². The van der Waals surface area contributed by atoms with Gasteiger partial charge in [-0.15, -0.1) is 0 Å². The molecule has 0 spiro atoms. The first-order valence-corrected chi connectivity index (χ1v) is 7.85. The smallest absolute Gasteiger partial charge is 0.141 e. The molecule has 0 aromatic heterocycles. The summed E-state index contributed by atoms with van der Waals surface area (Å²) in [7, 11) is -0.686. The highest BCUT2D eigenvalue weighted by molar-refractivity contribution is 7.07. The molecular formula is C8H17ClSi. The van der Waals surface area contributed by atoms with Crippen LogP contribution >= 0.6 is 11.1 Å². The number of halogens is 1.